The highest BCUT2D eigenvalue weighted by Crippen LogP contribution is 2.25. The molecule has 4 nitrogen and oxygen atoms in total. The Labute approximate surface area is 73.2 Å². The minimum absolute atomic E-state index is 0.778. The highest BCUT2D eigenvalue weighted by molar-refractivity contribution is 5.65. The third kappa shape index (κ3) is 7.17. The van der Waals surface area contributed by atoms with Crippen molar-refractivity contribution in [1.82, 2.24) is 0 Å². The van der Waals surface area contributed by atoms with Crippen molar-refractivity contribution in [3.05, 3.63) is 0 Å². The molecular formula is C7H8F2O4-2. The van der Waals surface area contributed by atoms with Gasteiger partial charge in [-0.25, -0.2) is 8.78 Å². The van der Waals surface area contributed by atoms with Gasteiger partial charge in [-0.15, -0.1) is 0 Å². The molecule has 0 amide bonds. The molecule has 0 heterocycles. The van der Waals surface area contributed by atoms with Crippen LogP contribution in [0, 0.1) is 0 Å². The summed E-state index contributed by atoms with van der Waals surface area (Å²) in [4.78, 5) is 19.6. The molecule has 0 spiro atoms. The quantitative estimate of drug-likeness (QED) is 0.525. The first kappa shape index (κ1) is 11.8. The van der Waals surface area contributed by atoms with Crippen LogP contribution in [0.4, 0.5) is 8.78 Å². The van der Waals surface area contributed by atoms with Gasteiger partial charge in [0.25, 0.3) is 0 Å². The zero-order valence-electron chi connectivity index (χ0n) is 6.72. The van der Waals surface area contributed by atoms with Crippen LogP contribution in [0.3, 0.4) is 0 Å². The molecule has 0 rings (SSSR count). The first-order chi connectivity index (χ1) is 5.83. The summed E-state index contributed by atoms with van der Waals surface area (Å²) in [5.41, 5.74) is 0. The Morgan fingerprint density at radius 2 is 1.31 bits per heavy atom. The lowest BCUT2D eigenvalue weighted by atomic mass is 10.1. The number of hydrogen-bond donors (Lipinski definition) is 0. The zero-order chi connectivity index (χ0) is 10.5. The van der Waals surface area contributed by atoms with Crippen LogP contribution in [0.25, 0.3) is 0 Å². The van der Waals surface area contributed by atoms with Crippen molar-refractivity contribution in [2.75, 3.05) is 0 Å². The third-order valence-corrected chi connectivity index (χ3v) is 1.39. The first-order valence-corrected chi connectivity index (χ1v) is 3.61. The summed E-state index contributed by atoms with van der Waals surface area (Å²) in [6, 6.07) is 0. The summed E-state index contributed by atoms with van der Waals surface area (Å²) >= 11 is 0. The van der Waals surface area contributed by atoms with Gasteiger partial charge in [0.05, 0.1) is 0 Å². The van der Waals surface area contributed by atoms with E-state index in [-0.39, 0.29) is 0 Å². The molecule has 0 saturated carbocycles. The SMILES string of the molecule is O=C([O-])CCC(F)(F)CCC(=O)[O-]. The van der Waals surface area contributed by atoms with Crippen molar-refractivity contribution in [2.24, 2.45) is 0 Å². The van der Waals surface area contributed by atoms with E-state index in [1.165, 1.54) is 0 Å². The van der Waals surface area contributed by atoms with E-state index in [2.05, 4.69) is 0 Å². The number of carboxylic acids is 2. The van der Waals surface area contributed by atoms with Crippen LogP contribution in [0.15, 0.2) is 0 Å². The van der Waals surface area contributed by atoms with Crippen LogP contribution in [-0.2, 0) is 9.59 Å². The number of aliphatic carboxylic acids is 2. The molecule has 0 N–H and O–H groups in total. The maximum Gasteiger partial charge on any atom is 0.248 e. The predicted molar refractivity (Wildman–Crippen MR) is 33.4 cm³/mol. The van der Waals surface area contributed by atoms with E-state index in [0.717, 1.165) is 0 Å². The molecule has 0 fully saturated rings. The highest BCUT2D eigenvalue weighted by atomic mass is 19.3. The van der Waals surface area contributed by atoms with Crippen LogP contribution in [0.5, 0.6) is 0 Å². The standard InChI is InChI=1S/C7H10F2O4/c8-7(9,3-1-5(10)11)4-2-6(12)13/h1-4H2,(H,10,11)(H,12,13)/p-2. The molecule has 0 aliphatic carbocycles. The number of halogens is 2. The van der Waals surface area contributed by atoms with Gasteiger partial charge in [0.15, 0.2) is 0 Å². The second-order valence-corrected chi connectivity index (χ2v) is 2.60. The maximum atomic E-state index is 12.6. The third-order valence-electron chi connectivity index (χ3n) is 1.39. The first-order valence-electron chi connectivity index (χ1n) is 3.61. The largest absolute Gasteiger partial charge is 0.550 e. The smallest absolute Gasteiger partial charge is 0.248 e. The van der Waals surface area contributed by atoms with E-state index in [1.807, 2.05) is 0 Å². The molecule has 6 heteroatoms. The van der Waals surface area contributed by atoms with Crippen molar-refractivity contribution in [3.63, 3.8) is 0 Å². The van der Waals surface area contributed by atoms with E-state index in [9.17, 15) is 28.6 Å². The van der Waals surface area contributed by atoms with Gasteiger partial charge in [0, 0.05) is 24.8 Å². The normalized spacial score (nSPS) is 11.2. The van der Waals surface area contributed by atoms with Gasteiger partial charge in [-0.1, -0.05) is 0 Å². The molecule has 0 radical (unpaired) electrons. The second kappa shape index (κ2) is 4.74. The predicted octanol–water partition coefficient (Wildman–Crippen LogP) is -1.32. The average Bonchev–Trinajstić information content (AvgIpc) is 1.98. The average molecular weight is 194 g/mol. The molecule has 0 aromatic rings. The minimum Gasteiger partial charge on any atom is -0.550 e. The number of hydrogen-bond acceptors (Lipinski definition) is 4. The lowest BCUT2D eigenvalue weighted by Gasteiger charge is -2.16. The molecule has 0 unspecified atom stereocenters. The highest BCUT2D eigenvalue weighted by Gasteiger charge is 2.27. The van der Waals surface area contributed by atoms with Crippen LogP contribution < -0.4 is 10.2 Å². The van der Waals surface area contributed by atoms with Gasteiger partial charge in [0.2, 0.25) is 5.92 Å². The number of carboxylic acid groups (broad SMARTS) is 2. The van der Waals surface area contributed by atoms with Gasteiger partial charge < -0.3 is 19.8 Å². The molecule has 0 aliphatic rings. The summed E-state index contributed by atoms with van der Waals surface area (Å²) in [6.07, 6.45) is -3.36. The van der Waals surface area contributed by atoms with Crippen LogP contribution in [0.1, 0.15) is 25.7 Å². The van der Waals surface area contributed by atoms with Crippen molar-refractivity contribution >= 4 is 11.9 Å². The topological polar surface area (TPSA) is 80.3 Å². The summed E-state index contributed by atoms with van der Waals surface area (Å²) < 4.78 is 25.1. The molecule has 0 aromatic heterocycles. The van der Waals surface area contributed by atoms with E-state index >= 15 is 0 Å². The lowest BCUT2D eigenvalue weighted by molar-refractivity contribution is -0.307. The van der Waals surface area contributed by atoms with E-state index < -0.39 is 43.5 Å². The molecule has 0 saturated heterocycles. The van der Waals surface area contributed by atoms with Crippen molar-refractivity contribution < 1.29 is 28.6 Å². The lowest BCUT2D eigenvalue weighted by Crippen LogP contribution is -2.29. The van der Waals surface area contributed by atoms with Crippen molar-refractivity contribution in [3.8, 4) is 0 Å². The molecule has 0 aliphatic heterocycles. The second-order valence-electron chi connectivity index (χ2n) is 2.60. The molecule has 13 heavy (non-hydrogen) atoms. The van der Waals surface area contributed by atoms with Crippen molar-refractivity contribution in [2.45, 2.75) is 31.6 Å². The monoisotopic (exact) mass is 194 g/mol. The van der Waals surface area contributed by atoms with Gasteiger partial charge in [0.1, 0.15) is 0 Å². The Morgan fingerprint density at radius 3 is 1.54 bits per heavy atom. The van der Waals surface area contributed by atoms with Crippen LogP contribution in [0.2, 0.25) is 0 Å². The van der Waals surface area contributed by atoms with Crippen LogP contribution in [-0.4, -0.2) is 17.9 Å². The number of carbonyl (C=O) groups is 2. The van der Waals surface area contributed by atoms with E-state index in [1.54, 1.807) is 0 Å². The summed E-state index contributed by atoms with van der Waals surface area (Å²) in [6.45, 7) is 0. The van der Waals surface area contributed by atoms with Gasteiger partial charge in [-0.05, 0) is 12.8 Å². The van der Waals surface area contributed by atoms with Crippen molar-refractivity contribution in [1.29, 1.82) is 0 Å². The zero-order valence-corrected chi connectivity index (χ0v) is 6.72. The molecule has 0 aromatic carbocycles. The molecule has 76 valence electrons. The number of alkyl halides is 2. The molecule has 0 bridgehead atoms. The van der Waals surface area contributed by atoms with Crippen LogP contribution >= 0.6 is 0 Å². The summed E-state index contributed by atoms with van der Waals surface area (Å²) in [5.74, 6) is -6.43. The minimum atomic E-state index is -3.28. The van der Waals surface area contributed by atoms with Gasteiger partial charge >= 0.3 is 0 Å². The fourth-order valence-electron chi connectivity index (χ4n) is 0.695. The summed E-state index contributed by atoms with van der Waals surface area (Å²) in [5, 5.41) is 19.6. The number of rotatable bonds is 6. The fourth-order valence-corrected chi connectivity index (χ4v) is 0.695. The molecule has 0 atom stereocenters. The number of carbonyl (C=O) groups excluding carboxylic acids is 2. The van der Waals surface area contributed by atoms with Gasteiger partial charge in [-0.2, -0.15) is 0 Å². The Morgan fingerprint density at radius 1 is 1.00 bits per heavy atom. The maximum absolute atomic E-state index is 12.6. The molecular weight excluding hydrogens is 186 g/mol. The Bertz CT molecular complexity index is 183. The van der Waals surface area contributed by atoms with E-state index in [4.69, 9.17) is 0 Å². The van der Waals surface area contributed by atoms with Gasteiger partial charge in [-0.3, -0.25) is 0 Å². The Kier molecular flexibility index (Phi) is 4.30. The Hall–Kier alpha value is -1.20. The Balaban J connectivity index is 3.79. The fraction of sp³-hybridized carbons (Fsp3) is 0.714. The summed E-state index contributed by atoms with van der Waals surface area (Å²) in [7, 11) is 0. The van der Waals surface area contributed by atoms with E-state index in [0.29, 0.717) is 0 Å².